The molecule has 0 aromatic carbocycles. The third-order valence-corrected chi connectivity index (χ3v) is 2.46. The van der Waals surface area contributed by atoms with Crippen molar-refractivity contribution in [1.29, 1.82) is 0 Å². The van der Waals surface area contributed by atoms with Crippen molar-refractivity contribution in [3.8, 4) is 5.82 Å². The Hall–Kier alpha value is -0.980. The molecule has 13 heavy (non-hydrogen) atoms. The Morgan fingerprint density at radius 2 is 2.23 bits per heavy atom. The molecule has 2 rings (SSSR count). The lowest BCUT2D eigenvalue weighted by Gasteiger charge is -2.04. The van der Waals surface area contributed by atoms with Gasteiger partial charge in [-0.3, -0.25) is 4.57 Å². The maximum atomic E-state index is 4.19. The first-order valence-corrected chi connectivity index (χ1v) is 4.83. The van der Waals surface area contributed by atoms with Gasteiger partial charge in [0.15, 0.2) is 5.82 Å². The van der Waals surface area contributed by atoms with Gasteiger partial charge in [-0.1, -0.05) is 0 Å². The van der Waals surface area contributed by atoms with Gasteiger partial charge in [0.2, 0.25) is 0 Å². The van der Waals surface area contributed by atoms with Crippen LogP contribution in [0.5, 0.6) is 0 Å². The average molecular weight is 286 g/mol. The SMILES string of the molecule is Cc1nccn1-c1ncncc1I. The quantitative estimate of drug-likeness (QED) is 0.747. The molecule has 0 unspecified atom stereocenters. The number of imidazole rings is 1. The Morgan fingerprint density at radius 1 is 1.38 bits per heavy atom. The van der Waals surface area contributed by atoms with Crippen LogP contribution >= 0.6 is 22.6 Å². The van der Waals surface area contributed by atoms with Crippen LogP contribution in [0.1, 0.15) is 5.82 Å². The lowest BCUT2D eigenvalue weighted by atomic mass is 10.5. The number of nitrogens with zero attached hydrogens (tertiary/aromatic N) is 4. The summed E-state index contributed by atoms with van der Waals surface area (Å²) in [6.45, 7) is 1.94. The molecule has 0 aliphatic heterocycles. The lowest BCUT2D eigenvalue weighted by Crippen LogP contribution is -2.01. The highest BCUT2D eigenvalue weighted by molar-refractivity contribution is 14.1. The second-order valence-corrected chi connectivity index (χ2v) is 3.70. The van der Waals surface area contributed by atoms with Crippen molar-refractivity contribution in [2.24, 2.45) is 0 Å². The molecule has 66 valence electrons. The second-order valence-electron chi connectivity index (χ2n) is 2.54. The molecule has 0 fully saturated rings. The number of aryl methyl sites for hydroxylation is 1. The van der Waals surface area contributed by atoms with E-state index in [1.54, 1.807) is 12.4 Å². The minimum Gasteiger partial charge on any atom is -0.287 e. The van der Waals surface area contributed by atoms with Crippen molar-refractivity contribution in [2.75, 3.05) is 0 Å². The Labute approximate surface area is 89.2 Å². The van der Waals surface area contributed by atoms with Crippen LogP contribution in [0.2, 0.25) is 0 Å². The molecular formula is C8H7IN4. The van der Waals surface area contributed by atoms with E-state index in [0.717, 1.165) is 15.2 Å². The molecule has 0 spiro atoms. The number of hydrogen-bond acceptors (Lipinski definition) is 3. The summed E-state index contributed by atoms with van der Waals surface area (Å²) in [5.74, 6) is 1.81. The fourth-order valence-corrected chi connectivity index (χ4v) is 1.65. The molecule has 2 aromatic heterocycles. The third-order valence-electron chi connectivity index (χ3n) is 1.70. The van der Waals surface area contributed by atoms with E-state index >= 15 is 0 Å². The van der Waals surface area contributed by atoms with Crippen LogP contribution in [0.4, 0.5) is 0 Å². The predicted molar refractivity (Wildman–Crippen MR) is 56.6 cm³/mol. The van der Waals surface area contributed by atoms with Crippen molar-refractivity contribution < 1.29 is 0 Å². The van der Waals surface area contributed by atoms with Gasteiger partial charge in [-0.15, -0.1) is 0 Å². The summed E-state index contributed by atoms with van der Waals surface area (Å²) in [4.78, 5) is 12.3. The Morgan fingerprint density at radius 3 is 2.85 bits per heavy atom. The molecular weight excluding hydrogens is 279 g/mol. The fourth-order valence-electron chi connectivity index (χ4n) is 1.09. The molecule has 0 amide bonds. The van der Waals surface area contributed by atoms with Gasteiger partial charge in [0.25, 0.3) is 0 Å². The van der Waals surface area contributed by atoms with Crippen LogP contribution in [0.15, 0.2) is 24.9 Å². The summed E-state index contributed by atoms with van der Waals surface area (Å²) >= 11 is 2.20. The van der Waals surface area contributed by atoms with Gasteiger partial charge in [-0.2, -0.15) is 0 Å². The minimum atomic E-state index is 0.880. The highest BCUT2D eigenvalue weighted by Crippen LogP contribution is 2.13. The van der Waals surface area contributed by atoms with Crippen molar-refractivity contribution in [2.45, 2.75) is 6.92 Å². The van der Waals surface area contributed by atoms with Crippen LogP contribution in [0.3, 0.4) is 0 Å². The molecule has 0 aliphatic rings. The first kappa shape index (κ1) is 8.61. The molecule has 5 heteroatoms. The zero-order valence-corrected chi connectivity index (χ0v) is 9.13. The summed E-state index contributed by atoms with van der Waals surface area (Å²) in [6.07, 6.45) is 6.96. The topological polar surface area (TPSA) is 43.6 Å². The molecule has 0 aliphatic carbocycles. The van der Waals surface area contributed by atoms with Crippen LogP contribution in [-0.2, 0) is 0 Å². The zero-order chi connectivity index (χ0) is 9.26. The summed E-state index contributed by atoms with van der Waals surface area (Å²) in [5, 5.41) is 0. The first-order valence-electron chi connectivity index (χ1n) is 3.75. The molecule has 2 aromatic rings. The van der Waals surface area contributed by atoms with Crippen LogP contribution in [0, 0.1) is 10.5 Å². The number of rotatable bonds is 1. The van der Waals surface area contributed by atoms with E-state index in [-0.39, 0.29) is 0 Å². The number of aromatic nitrogens is 4. The first-order chi connectivity index (χ1) is 6.29. The summed E-state index contributed by atoms with van der Waals surface area (Å²) in [5.41, 5.74) is 0. The largest absolute Gasteiger partial charge is 0.287 e. The van der Waals surface area contributed by atoms with Crippen LogP contribution in [-0.4, -0.2) is 19.5 Å². The van der Waals surface area contributed by atoms with E-state index in [1.165, 1.54) is 6.33 Å². The molecule has 0 atom stereocenters. The fraction of sp³-hybridized carbons (Fsp3) is 0.125. The molecule has 0 radical (unpaired) electrons. The van der Waals surface area contributed by atoms with E-state index in [0.29, 0.717) is 0 Å². The lowest BCUT2D eigenvalue weighted by molar-refractivity contribution is 0.911. The molecule has 2 heterocycles. The van der Waals surface area contributed by atoms with Gasteiger partial charge in [0.1, 0.15) is 12.2 Å². The molecule has 0 N–H and O–H groups in total. The standard InChI is InChI=1S/C8H7IN4/c1-6-11-2-3-13(6)8-7(9)4-10-5-12-8/h2-5H,1H3. The zero-order valence-electron chi connectivity index (χ0n) is 6.98. The number of halogens is 1. The normalized spacial score (nSPS) is 10.3. The van der Waals surface area contributed by atoms with E-state index in [2.05, 4.69) is 37.5 Å². The Bertz CT molecular complexity index is 424. The average Bonchev–Trinajstić information content (AvgIpc) is 2.52. The Balaban J connectivity index is 2.59. The summed E-state index contributed by atoms with van der Waals surface area (Å²) in [7, 11) is 0. The van der Waals surface area contributed by atoms with E-state index in [1.807, 2.05) is 17.7 Å². The highest BCUT2D eigenvalue weighted by atomic mass is 127. The van der Waals surface area contributed by atoms with E-state index in [9.17, 15) is 0 Å². The maximum Gasteiger partial charge on any atom is 0.154 e. The molecule has 0 saturated carbocycles. The maximum absolute atomic E-state index is 4.19. The predicted octanol–water partition coefficient (Wildman–Crippen LogP) is 1.58. The Kier molecular flexibility index (Phi) is 2.26. The summed E-state index contributed by atoms with van der Waals surface area (Å²) in [6, 6.07) is 0. The van der Waals surface area contributed by atoms with Gasteiger partial charge in [0.05, 0.1) is 3.57 Å². The van der Waals surface area contributed by atoms with Gasteiger partial charge in [0, 0.05) is 18.6 Å². The van der Waals surface area contributed by atoms with E-state index in [4.69, 9.17) is 0 Å². The third kappa shape index (κ3) is 1.55. The van der Waals surface area contributed by atoms with Gasteiger partial charge < -0.3 is 0 Å². The molecule has 0 bridgehead atoms. The van der Waals surface area contributed by atoms with Gasteiger partial charge in [-0.05, 0) is 29.5 Å². The van der Waals surface area contributed by atoms with E-state index < -0.39 is 0 Å². The van der Waals surface area contributed by atoms with Crippen molar-refractivity contribution in [1.82, 2.24) is 19.5 Å². The number of hydrogen-bond donors (Lipinski definition) is 0. The highest BCUT2D eigenvalue weighted by Gasteiger charge is 2.04. The smallest absolute Gasteiger partial charge is 0.154 e. The van der Waals surface area contributed by atoms with Crippen molar-refractivity contribution in [3.05, 3.63) is 34.3 Å². The summed E-state index contributed by atoms with van der Waals surface area (Å²) < 4.78 is 2.95. The molecule has 0 saturated heterocycles. The minimum absolute atomic E-state index is 0.880. The van der Waals surface area contributed by atoms with Gasteiger partial charge >= 0.3 is 0 Å². The second kappa shape index (κ2) is 3.41. The van der Waals surface area contributed by atoms with Crippen LogP contribution in [0.25, 0.3) is 5.82 Å². The van der Waals surface area contributed by atoms with Crippen LogP contribution < -0.4 is 0 Å². The van der Waals surface area contributed by atoms with Crippen molar-refractivity contribution in [3.63, 3.8) is 0 Å². The monoisotopic (exact) mass is 286 g/mol. The van der Waals surface area contributed by atoms with Crippen molar-refractivity contribution >= 4 is 22.6 Å². The van der Waals surface area contributed by atoms with Gasteiger partial charge in [-0.25, -0.2) is 15.0 Å². The molecule has 4 nitrogen and oxygen atoms in total.